The van der Waals surface area contributed by atoms with E-state index in [1.165, 1.54) is 0 Å². The number of carbonyl (C=O) groups excluding carboxylic acids is 1. The first-order valence-corrected chi connectivity index (χ1v) is 0.816. The van der Waals surface area contributed by atoms with Crippen molar-refractivity contribution in [1.82, 2.24) is 6.15 Å². The van der Waals surface area contributed by atoms with Gasteiger partial charge in [0.2, 0.25) is 5.23 Å². The lowest BCUT2D eigenvalue weighted by Crippen LogP contribution is -1.08. The number of hydrogen-bond acceptors (Lipinski definition) is 3. The molecule has 0 aliphatic rings. The van der Waals surface area contributed by atoms with E-state index in [-0.39, 0.29) is 6.15 Å². The molecule has 0 fully saturated rings. The normalized spacial score (nSPS) is 2.00. The zero-order valence-electron chi connectivity index (χ0n) is 2.02. The van der Waals surface area contributed by atoms with Crippen molar-refractivity contribution in [2.75, 3.05) is 0 Å². The maximum absolute atomic E-state index is 8.50. The van der Waals surface area contributed by atoms with Crippen LogP contribution in [0.4, 0.5) is 0 Å². The molecule has 0 heterocycles. The summed E-state index contributed by atoms with van der Waals surface area (Å²) in [6.45, 7) is 0. The molecule has 0 saturated carbocycles. The van der Waals surface area contributed by atoms with Crippen molar-refractivity contribution in [1.29, 1.82) is 0 Å². The molecular formula is CH3NOS. The first-order chi connectivity index (χ1) is 1.41. The molecule has 0 amide bonds. The smallest absolute Gasteiger partial charge is 0.202 e. The van der Waals surface area contributed by atoms with Gasteiger partial charge in [0.1, 0.15) is 0 Å². The summed E-state index contributed by atoms with van der Waals surface area (Å²) in [6, 6.07) is 0. The lowest BCUT2D eigenvalue weighted by Gasteiger charge is -0.970. The fourth-order valence-corrected chi connectivity index (χ4v) is 0. The van der Waals surface area contributed by atoms with Crippen molar-refractivity contribution in [2.24, 2.45) is 0 Å². The molecule has 0 radical (unpaired) electrons. The summed E-state index contributed by atoms with van der Waals surface area (Å²) in [7, 11) is 0. The number of hydrogen-bond donors (Lipinski definition) is 1. The second kappa shape index (κ2) is 14.8. The quantitative estimate of drug-likeness (QED) is 0.426. The molecule has 0 rings (SSSR count). The highest BCUT2D eigenvalue weighted by atomic mass is 32.1. The van der Waals surface area contributed by atoms with E-state index in [4.69, 9.17) is 4.79 Å². The van der Waals surface area contributed by atoms with Crippen LogP contribution in [0.15, 0.2) is 0 Å². The highest BCUT2D eigenvalue weighted by Crippen LogP contribution is 1.14. The van der Waals surface area contributed by atoms with Gasteiger partial charge in [0.25, 0.3) is 0 Å². The van der Waals surface area contributed by atoms with Crippen molar-refractivity contribution < 1.29 is 4.79 Å². The Labute approximate surface area is 29.4 Å². The summed E-state index contributed by atoms with van der Waals surface area (Å²) < 4.78 is 0. The molecule has 0 aliphatic heterocycles. The molecule has 0 spiro atoms. The Bertz CT molecular complexity index is 29.0. The van der Waals surface area contributed by atoms with Gasteiger partial charge in [-0.15, -0.1) is 0 Å². The van der Waals surface area contributed by atoms with E-state index < -0.39 is 0 Å². The molecule has 0 aromatic heterocycles. The molecule has 3 N–H and O–H groups in total. The van der Waals surface area contributed by atoms with E-state index in [0.29, 0.717) is 0 Å². The van der Waals surface area contributed by atoms with Gasteiger partial charge < -0.3 is 6.15 Å². The van der Waals surface area contributed by atoms with Crippen LogP contribution < -0.4 is 6.15 Å². The largest absolute Gasteiger partial charge is 0.344 e. The van der Waals surface area contributed by atoms with Crippen molar-refractivity contribution in [3.63, 3.8) is 0 Å². The molecule has 0 saturated heterocycles. The average Bonchev–Trinajstić information content (AvgIpc) is 0.918. The molecule has 0 bridgehead atoms. The highest BCUT2D eigenvalue weighted by Gasteiger charge is 1.07. The lowest BCUT2D eigenvalue weighted by molar-refractivity contribution is 0.572. The topological polar surface area (TPSA) is 52.1 Å². The standard InChI is InChI=1S/COS.H3N/c2-1-3;/h;1H3. The van der Waals surface area contributed by atoms with Gasteiger partial charge in [-0.05, 0) is 0 Å². The molecule has 0 unspecified atom stereocenters. The minimum absolute atomic E-state index is 0. The Morgan fingerprint density at radius 3 is 1.75 bits per heavy atom. The SMILES string of the molecule is N.O=C=S. The maximum atomic E-state index is 8.50. The third-order valence-electron chi connectivity index (χ3n) is 0. The predicted octanol–water partition coefficient (Wildman–Crippen LogP) is 0.413. The lowest BCUT2D eigenvalue weighted by atomic mass is 11.9. The first-order valence-electron chi connectivity index (χ1n) is 0.408. The van der Waals surface area contributed by atoms with Crippen LogP contribution >= 0.6 is 12.2 Å². The van der Waals surface area contributed by atoms with Crippen LogP contribution in [0.5, 0.6) is 0 Å². The van der Waals surface area contributed by atoms with E-state index >= 15 is 0 Å². The summed E-state index contributed by atoms with van der Waals surface area (Å²) >= 11 is 3.59. The fraction of sp³-hybridized carbons (Fsp3) is 0. The minimum Gasteiger partial charge on any atom is -0.344 e. The summed E-state index contributed by atoms with van der Waals surface area (Å²) in [5.41, 5.74) is 0. The number of rotatable bonds is 0. The van der Waals surface area contributed by atoms with Crippen LogP contribution in [0.1, 0.15) is 0 Å². The van der Waals surface area contributed by atoms with Gasteiger partial charge >= 0.3 is 0 Å². The Kier molecular flexibility index (Phi) is 34.2. The Morgan fingerprint density at radius 1 is 1.75 bits per heavy atom. The van der Waals surface area contributed by atoms with Gasteiger partial charge in [0.05, 0.1) is 0 Å². The van der Waals surface area contributed by atoms with Crippen molar-refractivity contribution in [2.45, 2.75) is 0 Å². The Balaban J connectivity index is 0. The predicted molar refractivity (Wildman–Crippen MR) is 18.3 cm³/mol. The zero-order valence-corrected chi connectivity index (χ0v) is 2.84. The average molecular weight is 77.1 g/mol. The highest BCUT2D eigenvalue weighted by molar-refractivity contribution is 7.78. The third kappa shape index (κ3) is 17.6. The molecule has 0 aliphatic carbocycles. The van der Waals surface area contributed by atoms with Gasteiger partial charge in [0, 0.05) is 12.2 Å². The van der Waals surface area contributed by atoms with Crippen LogP contribution in [0.3, 0.4) is 0 Å². The van der Waals surface area contributed by atoms with E-state index in [2.05, 4.69) is 12.2 Å². The minimum atomic E-state index is 0. The van der Waals surface area contributed by atoms with Gasteiger partial charge in [-0.3, -0.25) is 0 Å². The zero-order chi connectivity index (χ0) is 2.71. The summed E-state index contributed by atoms with van der Waals surface area (Å²) in [6.07, 6.45) is 0. The monoisotopic (exact) mass is 77.0 g/mol. The van der Waals surface area contributed by atoms with E-state index in [1.807, 2.05) is 0 Å². The molecule has 0 atom stereocenters. The summed E-state index contributed by atoms with van der Waals surface area (Å²) in [5.74, 6) is 0. The second-order valence-electron chi connectivity index (χ2n) is 0.0833. The second-order valence-corrected chi connectivity index (χ2v) is 0.250. The van der Waals surface area contributed by atoms with E-state index in [9.17, 15) is 0 Å². The van der Waals surface area contributed by atoms with Crippen molar-refractivity contribution in [3.05, 3.63) is 0 Å². The van der Waals surface area contributed by atoms with Gasteiger partial charge in [-0.25, -0.2) is 4.79 Å². The van der Waals surface area contributed by atoms with Crippen LogP contribution in [0.2, 0.25) is 0 Å². The van der Waals surface area contributed by atoms with Gasteiger partial charge in [-0.1, -0.05) is 0 Å². The van der Waals surface area contributed by atoms with E-state index in [1.54, 1.807) is 0 Å². The Hall–Kier alpha value is -0.240. The van der Waals surface area contributed by atoms with Gasteiger partial charge in [-0.2, -0.15) is 0 Å². The molecule has 24 valence electrons. The molecule has 4 heavy (non-hydrogen) atoms. The van der Waals surface area contributed by atoms with Crippen LogP contribution in [-0.2, 0) is 4.79 Å². The molecule has 0 aromatic carbocycles. The van der Waals surface area contributed by atoms with Crippen LogP contribution in [-0.4, -0.2) is 5.23 Å². The van der Waals surface area contributed by atoms with Gasteiger partial charge in [0.15, 0.2) is 0 Å². The van der Waals surface area contributed by atoms with Crippen LogP contribution in [0.25, 0.3) is 0 Å². The van der Waals surface area contributed by atoms with Crippen molar-refractivity contribution in [3.8, 4) is 0 Å². The van der Waals surface area contributed by atoms with E-state index in [0.717, 1.165) is 5.23 Å². The first kappa shape index (κ1) is 9.25. The Morgan fingerprint density at radius 2 is 1.75 bits per heavy atom. The maximum Gasteiger partial charge on any atom is 0.202 e. The molecule has 0 aromatic rings. The summed E-state index contributed by atoms with van der Waals surface area (Å²) in [4.78, 5) is 8.50. The van der Waals surface area contributed by atoms with Crippen molar-refractivity contribution >= 4 is 17.5 Å². The molecular weight excluding hydrogens is 74.1 g/mol. The third-order valence-corrected chi connectivity index (χ3v) is 0. The summed E-state index contributed by atoms with van der Waals surface area (Å²) in [5, 5.41) is 1.08. The molecule has 3 heteroatoms. The fourth-order valence-electron chi connectivity index (χ4n) is 0. The molecule has 2 nitrogen and oxygen atoms in total. The number of thiocarbonyl (C=S) groups is 1. The van der Waals surface area contributed by atoms with Crippen LogP contribution in [0, 0.1) is 0 Å².